The number of benzene rings is 1. The van der Waals surface area contributed by atoms with Gasteiger partial charge in [0.2, 0.25) is 0 Å². The lowest BCUT2D eigenvalue weighted by Gasteiger charge is -2.26. The smallest absolute Gasteiger partial charge is 0.327 e. The van der Waals surface area contributed by atoms with E-state index in [1.54, 1.807) is 11.2 Å². The van der Waals surface area contributed by atoms with Crippen LogP contribution in [0.4, 0.5) is 4.79 Å². The second kappa shape index (κ2) is 6.39. The van der Waals surface area contributed by atoms with E-state index < -0.39 is 6.10 Å². The average molecular weight is 356 g/mol. The summed E-state index contributed by atoms with van der Waals surface area (Å²) in [5, 5.41) is 10.5. The van der Waals surface area contributed by atoms with Crippen LogP contribution >= 0.6 is 0 Å². The molecule has 0 saturated carbocycles. The van der Waals surface area contributed by atoms with Crippen LogP contribution in [-0.2, 0) is 11.3 Å². The Kier molecular flexibility index (Phi) is 4.19. The summed E-state index contributed by atoms with van der Waals surface area (Å²) in [6.07, 6.45) is 3.50. The molecule has 2 fully saturated rings. The maximum Gasteiger partial charge on any atom is 0.327 e. The predicted octanol–water partition coefficient (Wildman–Crippen LogP) is 1.83. The van der Waals surface area contributed by atoms with Crippen LogP contribution in [0.1, 0.15) is 30.4 Å². The Hall–Kier alpha value is -2.41. The van der Waals surface area contributed by atoms with E-state index in [4.69, 9.17) is 0 Å². The summed E-state index contributed by atoms with van der Waals surface area (Å²) in [6.45, 7) is 5.03. The lowest BCUT2D eigenvalue weighted by Crippen LogP contribution is -2.40. The number of carbonyl (C=O) groups excluding carboxylic acids is 2. The number of fused-ring (bicyclic) bond motifs is 2. The number of aliphatic hydroxyl groups excluding tert-OH is 1. The van der Waals surface area contributed by atoms with Gasteiger partial charge in [-0.2, -0.15) is 0 Å². The summed E-state index contributed by atoms with van der Waals surface area (Å²) in [7, 11) is 0. The molecule has 1 N–H and O–H groups in total. The number of aliphatic hydroxyl groups is 1. The zero-order chi connectivity index (χ0) is 18.4. The normalized spacial score (nSPS) is 21.6. The number of hydrogen-bond acceptors (Lipinski definition) is 4. The van der Waals surface area contributed by atoms with E-state index in [1.807, 2.05) is 24.5 Å². The van der Waals surface area contributed by atoms with E-state index in [2.05, 4.69) is 11.1 Å². The minimum atomic E-state index is -0.830. The van der Waals surface area contributed by atoms with Crippen molar-refractivity contribution in [1.29, 1.82) is 0 Å². The Labute approximate surface area is 152 Å². The second-order valence-corrected chi connectivity index (χ2v) is 7.41. The summed E-state index contributed by atoms with van der Waals surface area (Å²) in [4.78, 5) is 32.3. The van der Waals surface area contributed by atoms with Gasteiger partial charge in [0, 0.05) is 6.54 Å². The molecule has 2 aromatic rings. The molecular weight excluding hydrogens is 332 g/mol. The van der Waals surface area contributed by atoms with Crippen molar-refractivity contribution in [3.63, 3.8) is 0 Å². The topological polar surface area (TPSA) is 78.7 Å². The van der Waals surface area contributed by atoms with E-state index >= 15 is 0 Å². The van der Waals surface area contributed by atoms with Crippen LogP contribution in [0.5, 0.6) is 0 Å². The number of imide groups is 1. The fraction of sp³-hybridized carbons (Fsp3) is 0.526. The molecule has 7 nitrogen and oxygen atoms in total. The van der Waals surface area contributed by atoms with Crippen LogP contribution in [0.3, 0.4) is 0 Å². The SMILES string of the molecule is Cc1cc2ncn(CC(O)CN3C(=O)C4CCCCN4C3=O)c2cc1C. The first-order valence-electron chi connectivity index (χ1n) is 9.18. The Morgan fingerprint density at radius 1 is 1.19 bits per heavy atom. The highest BCUT2D eigenvalue weighted by Crippen LogP contribution is 2.27. The van der Waals surface area contributed by atoms with Gasteiger partial charge in [-0.05, 0) is 56.4 Å². The third-order valence-electron chi connectivity index (χ3n) is 5.57. The van der Waals surface area contributed by atoms with Gasteiger partial charge in [0.1, 0.15) is 6.04 Å². The summed E-state index contributed by atoms with van der Waals surface area (Å²) in [6, 6.07) is 3.49. The van der Waals surface area contributed by atoms with Crippen LogP contribution < -0.4 is 0 Å². The second-order valence-electron chi connectivity index (χ2n) is 7.41. The van der Waals surface area contributed by atoms with Crippen molar-refractivity contribution in [2.75, 3.05) is 13.1 Å². The Balaban J connectivity index is 1.49. The molecule has 1 aromatic heterocycles. The summed E-state index contributed by atoms with van der Waals surface area (Å²) in [5.41, 5.74) is 4.16. The van der Waals surface area contributed by atoms with Crippen molar-refractivity contribution in [3.05, 3.63) is 29.6 Å². The zero-order valence-electron chi connectivity index (χ0n) is 15.2. The number of imidazole rings is 1. The lowest BCUT2D eigenvalue weighted by atomic mass is 10.0. The summed E-state index contributed by atoms with van der Waals surface area (Å²) >= 11 is 0. The van der Waals surface area contributed by atoms with Crippen LogP contribution in [0.2, 0.25) is 0 Å². The molecule has 2 atom stereocenters. The highest BCUT2D eigenvalue weighted by Gasteiger charge is 2.46. The predicted molar refractivity (Wildman–Crippen MR) is 96.7 cm³/mol. The number of carbonyl (C=O) groups is 2. The minimum Gasteiger partial charge on any atom is -0.389 e. The van der Waals surface area contributed by atoms with Gasteiger partial charge in [-0.1, -0.05) is 0 Å². The van der Waals surface area contributed by atoms with Gasteiger partial charge in [0.05, 0.1) is 36.6 Å². The van der Waals surface area contributed by atoms with Gasteiger partial charge in [-0.25, -0.2) is 9.78 Å². The quantitative estimate of drug-likeness (QED) is 0.848. The number of β-amino-alcohol motifs (C(OH)–C–C–N with tert-alkyl or cyclic N) is 1. The molecule has 3 amide bonds. The van der Waals surface area contributed by atoms with Crippen molar-refractivity contribution < 1.29 is 14.7 Å². The summed E-state index contributed by atoms with van der Waals surface area (Å²) < 4.78 is 1.88. The molecule has 1 aromatic carbocycles. The van der Waals surface area contributed by atoms with Crippen LogP contribution in [0.15, 0.2) is 18.5 Å². The number of rotatable bonds is 4. The van der Waals surface area contributed by atoms with Crippen molar-refractivity contribution in [3.8, 4) is 0 Å². The third-order valence-corrected chi connectivity index (χ3v) is 5.57. The largest absolute Gasteiger partial charge is 0.389 e. The molecule has 138 valence electrons. The zero-order valence-corrected chi connectivity index (χ0v) is 15.2. The highest BCUT2D eigenvalue weighted by molar-refractivity contribution is 6.04. The van der Waals surface area contributed by atoms with Crippen molar-refractivity contribution in [2.45, 2.75) is 51.8 Å². The van der Waals surface area contributed by atoms with Gasteiger partial charge < -0.3 is 14.6 Å². The van der Waals surface area contributed by atoms with E-state index in [-0.39, 0.29) is 24.5 Å². The number of hydrogen-bond donors (Lipinski definition) is 1. The van der Waals surface area contributed by atoms with E-state index in [1.165, 1.54) is 10.5 Å². The molecule has 7 heteroatoms. The molecule has 0 aliphatic carbocycles. The molecule has 0 bridgehead atoms. The van der Waals surface area contributed by atoms with Crippen LogP contribution in [-0.4, -0.2) is 61.6 Å². The number of amides is 3. The average Bonchev–Trinajstić information content (AvgIpc) is 3.10. The van der Waals surface area contributed by atoms with Gasteiger partial charge in [0.25, 0.3) is 5.91 Å². The van der Waals surface area contributed by atoms with Gasteiger partial charge in [-0.15, -0.1) is 0 Å². The molecule has 3 heterocycles. The van der Waals surface area contributed by atoms with Crippen molar-refractivity contribution in [2.24, 2.45) is 0 Å². The number of aromatic nitrogens is 2. The van der Waals surface area contributed by atoms with Gasteiger partial charge >= 0.3 is 6.03 Å². The van der Waals surface area contributed by atoms with E-state index in [0.29, 0.717) is 13.1 Å². The summed E-state index contributed by atoms with van der Waals surface area (Å²) in [5.74, 6) is -0.171. The highest BCUT2D eigenvalue weighted by atomic mass is 16.3. The first-order chi connectivity index (χ1) is 12.5. The molecule has 0 spiro atoms. The maximum atomic E-state index is 12.5. The molecule has 2 aliphatic rings. The fourth-order valence-electron chi connectivity index (χ4n) is 3.97. The number of nitrogens with zero attached hydrogens (tertiary/aromatic N) is 4. The minimum absolute atomic E-state index is 0.0230. The first-order valence-corrected chi connectivity index (χ1v) is 9.18. The Bertz CT molecular complexity index is 851. The third kappa shape index (κ3) is 2.76. The lowest BCUT2D eigenvalue weighted by molar-refractivity contribution is -0.129. The first kappa shape index (κ1) is 17.0. The molecule has 2 saturated heterocycles. The molecule has 4 rings (SSSR count). The molecular formula is C19H24N4O3. The Morgan fingerprint density at radius 3 is 2.73 bits per heavy atom. The number of aryl methyl sites for hydroxylation is 2. The standard InChI is InChI=1S/C19H24N4O3/c1-12-7-15-17(8-13(12)2)21(11-20-15)9-14(24)10-23-18(25)16-5-3-4-6-22(16)19(23)26/h7-8,11,14,16,24H,3-6,9-10H2,1-2H3. The number of urea groups is 1. The molecule has 26 heavy (non-hydrogen) atoms. The van der Waals surface area contributed by atoms with E-state index in [9.17, 15) is 14.7 Å². The van der Waals surface area contributed by atoms with Gasteiger partial charge in [-0.3, -0.25) is 9.69 Å². The van der Waals surface area contributed by atoms with Crippen molar-refractivity contribution >= 4 is 23.0 Å². The Morgan fingerprint density at radius 2 is 1.96 bits per heavy atom. The van der Waals surface area contributed by atoms with Crippen LogP contribution in [0.25, 0.3) is 11.0 Å². The molecule has 0 radical (unpaired) electrons. The van der Waals surface area contributed by atoms with Gasteiger partial charge in [0.15, 0.2) is 0 Å². The molecule has 2 unspecified atom stereocenters. The fourth-order valence-corrected chi connectivity index (χ4v) is 3.97. The maximum absolute atomic E-state index is 12.5. The molecule has 2 aliphatic heterocycles. The van der Waals surface area contributed by atoms with E-state index in [0.717, 1.165) is 35.9 Å². The van der Waals surface area contributed by atoms with Crippen LogP contribution in [0, 0.1) is 13.8 Å². The van der Waals surface area contributed by atoms with Crippen molar-refractivity contribution in [1.82, 2.24) is 19.4 Å². The number of piperidine rings is 1. The monoisotopic (exact) mass is 356 g/mol.